The van der Waals surface area contributed by atoms with E-state index in [1.54, 1.807) is 0 Å². The predicted octanol–water partition coefficient (Wildman–Crippen LogP) is 2.03. The van der Waals surface area contributed by atoms with Crippen LogP contribution in [0.5, 0.6) is 0 Å². The highest BCUT2D eigenvalue weighted by atomic mass is 16.5. The molecule has 0 spiro atoms. The van der Waals surface area contributed by atoms with Crippen molar-refractivity contribution in [3.63, 3.8) is 0 Å². The van der Waals surface area contributed by atoms with E-state index < -0.39 is 0 Å². The molecule has 1 N–H and O–H groups in total. The topological polar surface area (TPSA) is 33.7 Å². The van der Waals surface area contributed by atoms with Gasteiger partial charge in [-0.05, 0) is 47.5 Å². The average molecular weight is 284 g/mol. The Morgan fingerprint density at radius 1 is 1.20 bits per heavy atom. The van der Waals surface area contributed by atoms with Crippen LogP contribution in [0.2, 0.25) is 0 Å². The number of rotatable bonds is 5. The van der Waals surface area contributed by atoms with Gasteiger partial charge in [0.2, 0.25) is 0 Å². The van der Waals surface area contributed by atoms with Crippen molar-refractivity contribution in [2.45, 2.75) is 70.8 Å². The summed E-state index contributed by atoms with van der Waals surface area (Å²) in [5.74, 6) is 0. The minimum atomic E-state index is -0.0649. The van der Waals surface area contributed by atoms with Crippen LogP contribution in [-0.2, 0) is 9.47 Å². The first-order valence-corrected chi connectivity index (χ1v) is 8.04. The van der Waals surface area contributed by atoms with Crippen molar-refractivity contribution >= 4 is 0 Å². The third-order valence-electron chi connectivity index (χ3n) is 4.18. The smallest absolute Gasteiger partial charge is 0.0760 e. The van der Waals surface area contributed by atoms with Gasteiger partial charge in [-0.1, -0.05) is 0 Å². The number of hydrogen-bond acceptors (Lipinski definition) is 4. The summed E-state index contributed by atoms with van der Waals surface area (Å²) < 4.78 is 11.8. The Kier molecular flexibility index (Phi) is 5.11. The fourth-order valence-corrected chi connectivity index (χ4v) is 3.55. The SMILES string of the molecule is CC(CNCC1CCCO1)N1CC(C)(C)OC(C)(C)C1. The van der Waals surface area contributed by atoms with Crippen LogP contribution in [0, 0.1) is 0 Å². The fourth-order valence-electron chi connectivity index (χ4n) is 3.55. The lowest BCUT2D eigenvalue weighted by atomic mass is 9.97. The Morgan fingerprint density at radius 3 is 2.40 bits per heavy atom. The van der Waals surface area contributed by atoms with Gasteiger partial charge in [0.25, 0.3) is 0 Å². The lowest BCUT2D eigenvalue weighted by molar-refractivity contribution is -0.186. The van der Waals surface area contributed by atoms with E-state index in [2.05, 4.69) is 44.8 Å². The molecule has 2 heterocycles. The lowest BCUT2D eigenvalue weighted by Crippen LogP contribution is -2.60. The summed E-state index contributed by atoms with van der Waals surface area (Å²) in [7, 11) is 0. The van der Waals surface area contributed by atoms with Crippen LogP contribution < -0.4 is 5.32 Å². The number of nitrogens with one attached hydrogen (secondary N) is 1. The second-order valence-corrected chi connectivity index (χ2v) is 7.67. The first kappa shape index (κ1) is 16.2. The predicted molar refractivity (Wildman–Crippen MR) is 82.1 cm³/mol. The van der Waals surface area contributed by atoms with Crippen molar-refractivity contribution in [3.8, 4) is 0 Å². The summed E-state index contributed by atoms with van der Waals surface area (Å²) in [6.45, 7) is 16.0. The van der Waals surface area contributed by atoms with E-state index >= 15 is 0 Å². The molecule has 0 aromatic rings. The van der Waals surface area contributed by atoms with E-state index in [1.165, 1.54) is 12.8 Å². The van der Waals surface area contributed by atoms with E-state index in [1.807, 2.05) is 0 Å². The van der Waals surface area contributed by atoms with Gasteiger partial charge in [-0.3, -0.25) is 4.90 Å². The van der Waals surface area contributed by atoms with Crippen LogP contribution in [0.1, 0.15) is 47.5 Å². The normalized spacial score (nSPS) is 31.4. The molecule has 0 amide bonds. The van der Waals surface area contributed by atoms with E-state index in [0.717, 1.165) is 32.8 Å². The van der Waals surface area contributed by atoms with E-state index in [-0.39, 0.29) is 11.2 Å². The third kappa shape index (κ3) is 4.69. The van der Waals surface area contributed by atoms with Crippen molar-refractivity contribution in [3.05, 3.63) is 0 Å². The van der Waals surface area contributed by atoms with Crippen molar-refractivity contribution in [2.75, 3.05) is 32.8 Å². The molecule has 0 bridgehead atoms. The van der Waals surface area contributed by atoms with Crippen LogP contribution in [-0.4, -0.2) is 61.0 Å². The molecule has 0 saturated carbocycles. The molecule has 118 valence electrons. The first-order valence-electron chi connectivity index (χ1n) is 8.04. The average Bonchev–Trinajstić information content (AvgIpc) is 2.77. The van der Waals surface area contributed by atoms with Gasteiger partial charge in [0.15, 0.2) is 0 Å². The molecule has 2 aliphatic heterocycles. The summed E-state index contributed by atoms with van der Waals surface area (Å²) >= 11 is 0. The van der Waals surface area contributed by atoms with Crippen molar-refractivity contribution < 1.29 is 9.47 Å². The van der Waals surface area contributed by atoms with Gasteiger partial charge < -0.3 is 14.8 Å². The quantitative estimate of drug-likeness (QED) is 0.837. The summed E-state index contributed by atoms with van der Waals surface area (Å²) in [5, 5.41) is 3.57. The van der Waals surface area contributed by atoms with Crippen LogP contribution in [0.4, 0.5) is 0 Å². The molecule has 20 heavy (non-hydrogen) atoms. The van der Waals surface area contributed by atoms with Crippen LogP contribution >= 0.6 is 0 Å². The molecule has 4 nitrogen and oxygen atoms in total. The zero-order chi connectivity index (χ0) is 14.8. The molecule has 2 aliphatic rings. The first-order chi connectivity index (χ1) is 9.27. The van der Waals surface area contributed by atoms with Gasteiger partial charge in [-0.25, -0.2) is 0 Å². The Hall–Kier alpha value is -0.160. The Bertz CT molecular complexity index is 296. The third-order valence-corrected chi connectivity index (χ3v) is 4.18. The highest BCUT2D eigenvalue weighted by Gasteiger charge is 2.39. The molecule has 2 unspecified atom stereocenters. The van der Waals surface area contributed by atoms with E-state index in [0.29, 0.717) is 12.1 Å². The van der Waals surface area contributed by atoms with Gasteiger partial charge in [-0.2, -0.15) is 0 Å². The zero-order valence-corrected chi connectivity index (χ0v) is 13.9. The fraction of sp³-hybridized carbons (Fsp3) is 1.00. The van der Waals surface area contributed by atoms with Gasteiger partial charge in [0, 0.05) is 38.8 Å². The van der Waals surface area contributed by atoms with Crippen LogP contribution in [0.15, 0.2) is 0 Å². The van der Waals surface area contributed by atoms with Crippen molar-refractivity contribution in [1.82, 2.24) is 10.2 Å². The molecule has 0 aromatic carbocycles. The second-order valence-electron chi connectivity index (χ2n) is 7.67. The number of morpholine rings is 1. The maximum absolute atomic E-state index is 6.15. The summed E-state index contributed by atoms with van der Waals surface area (Å²) in [4.78, 5) is 2.55. The molecule has 2 saturated heterocycles. The summed E-state index contributed by atoms with van der Waals surface area (Å²) in [5.41, 5.74) is -0.130. The zero-order valence-electron chi connectivity index (χ0n) is 13.9. The molecular weight excluding hydrogens is 252 g/mol. The highest BCUT2D eigenvalue weighted by molar-refractivity contribution is 4.91. The molecule has 0 radical (unpaired) electrons. The molecular formula is C16H32N2O2. The molecule has 2 rings (SSSR count). The second kappa shape index (κ2) is 6.30. The number of nitrogens with zero attached hydrogens (tertiary/aromatic N) is 1. The molecule has 0 aliphatic carbocycles. The molecule has 4 heteroatoms. The molecule has 2 atom stereocenters. The summed E-state index contributed by atoms with van der Waals surface area (Å²) in [6.07, 6.45) is 2.85. The summed E-state index contributed by atoms with van der Waals surface area (Å²) in [6, 6.07) is 0.527. The lowest BCUT2D eigenvalue weighted by Gasteiger charge is -2.49. The molecule has 2 fully saturated rings. The minimum absolute atomic E-state index is 0.0649. The highest BCUT2D eigenvalue weighted by Crippen LogP contribution is 2.29. The van der Waals surface area contributed by atoms with E-state index in [9.17, 15) is 0 Å². The van der Waals surface area contributed by atoms with Gasteiger partial charge in [-0.15, -0.1) is 0 Å². The minimum Gasteiger partial charge on any atom is -0.377 e. The molecule has 0 aromatic heterocycles. The van der Waals surface area contributed by atoms with Gasteiger partial charge >= 0.3 is 0 Å². The Labute approximate surface area is 124 Å². The maximum Gasteiger partial charge on any atom is 0.0760 e. The Morgan fingerprint density at radius 2 is 1.85 bits per heavy atom. The largest absolute Gasteiger partial charge is 0.377 e. The number of ether oxygens (including phenoxy) is 2. The maximum atomic E-state index is 6.15. The van der Waals surface area contributed by atoms with Crippen molar-refractivity contribution in [1.29, 1.82) is 0 Å². The number of hydrogen-bond donors (Lipinski definition) is 1. The Balaban J connectivity index is 1.77. The van der Waals surface area contributed by atoms with Crippen LogP contribution in [0.3, 0.4) is 0 Å². The standard InChI is InChI=1S/C16H32N2O2/c1-13(9-17-10-14-7-6-8-19-14)18-11-15(2,3)20-16(4,5)12-18/h13-14,17H,6-12H2,1-5H3. The van der Waals surface area contributed by atoms with Gasteiger partial charge in [0.05, 0.1) is 17.3 Å². The van der Waals surface area contributed by atoms with Gasteiger partial charge in [0.1, 0.15) is 0 Å². The van der Waals surface area contributed by atoms with Crippen LogP contribution in [0.25, 0.3) is 0 Å². The van der Waals surface area contributed by atoms with E-state index in [4.69, 9.17) is 9.47 Å². The van der Waals surface area contributed by atoms with Crippen molar-refractivity contribution in [2.24, 2.45) is 0 Å². The monoisotopic (exact) mass is 284 g/mol.